The third-order valence-electron chi connectivity index (χ3n) is 2.66. The van der Waals surface area contributed by atoms with Crippen LogP contribution in [0.1, 0.15) is 20.7 Å². The molecule has 0 fully saturated rings. The van der Waals surface area contributed by atoms with E-state index in [0.29, 0.717) is 0 Å². The molecule has 21 heavy (non-hydrogen) atoms. The first-order chi connectivity index (χ1) is 9.90. The highest BCUT2D eigenvalue weighted by Crippen LogP contribution is 2.22. The summed E-state index contributed by atoms with van der Waals surface area (Å²) in [6.45, 7) is 0. The molecule has 0 aliphatic carbocycles. The Kier molecular flexibility index (Phi) is 4.18. The predicted octanol–water partition coefficient (Wildman–Crippen LogP) is 3.57. The molecule has 0 saturated heterocycles. The fourth-order valence-electron chi connectivity index (χ4n) is 1.62. The van der Waals surface area contributed by atoms with E-state index in [4.69, 9.17) is 16.7 Å². The summed E-state index contributed by atoms with van der Waals surface area (Å²) in [6, 6.07) is 6.66. The molecule has 0 radical (unpaired) electrons. The molecule has 0 atom stereocenters. The lowest BCUT2D eigenvalue weighted by molar-refractivity contribution is 0.0696. The fourth-order valence-corrected chi connectivity index (χ4v) is 1.83. The van der Waals surface area contributed by atoms with E-state index in [9.17, 15) is 18.4 Å². The number of nitrogens with one attached hydrogen (secondary N) is 1. The van der Waals surface area contributed by atoms with Gasteiger partial charge in [-0.3, -0.25) is 4.79 Å². The molecule has 108 valence electrons. The van der Waals surface area contributed by atoms with Crippen molar-refractivity contribution in [3.8, 4) is 0 Å². The second-order valence-corrected chi connectivity index (χ2v) is 4.43. The zero-order valence-corrected chi connectivity index (χ0v) is 11.1. The standard InChI is InChI=1S/C14H8ClF2NO3/c15-12-8(2-1-3-9(12)16)13(19)18-11-5-4-7(14(20)21)6-10(11)17/h1-6H,(H,18,19)(H,20,21). The molecular formula is C14H8ClF2NO3. The number of anilines is 1. The van der Waals surface area contributed by atoms with Gasteiger partial charge in [0, 0.05) is 0 Å². The first kappa shape index (κ1) is 14.9. The molecule has 7 heteroatoms. The van der Waals surface area contributed by atoms with Gasteiger partial charge in [0.25, 0.3) is 5.91 Å². The average Bonchev–Trinajstić information content (AvgIpc) is 2.43. The minimum Gasteiger partial charge on any atom is -0.478 e. The molecule has 2 aromatic rings. The summed E-state index contributed by atoms with van der Waals surface area (Å²) in [5.74, 6) is -3.79. The summed E-state index contributed by atoms with van der Waals surface area (Å²) in [6.07, 6.45) is 0. The van der Waals surface area contributed by atoms with E-state index in [0.717, 1.165) is 24.3 Å². The number of carboxylic acid groups (broad SMARTS) is 1. The second kappa shape index (κ2) is 5.88. The largest absolute Gasteiger partial charge is 0.478 e. The van der Waals surface area contributed by atoms with Crippen LogP contribution in [0.4, 0.5) is 14.5 Å². The number of halogens is 3. The van der Waals surface area contributed by atoms with Crippen LogP contribution in [0.2, 0.25) is 5.02 Å². The highest BCUT2D eigenvalue weighted by molar-refractivity contribution is 6.34. The minimum atomic E-state index is -1.29. The number of carbonyl (C=O) groups is 2. The fraction of sp³-hybridized carbons (Fsp3) is 0. The van der Waals surface area contributed by atoms with Crippen LogP contribution >= 0.6 is 11.6 Å². The minimum absolute atomic E-state index is 0.154. The molecule has 0 aromatic heterocycles. The van der Waals surface area contributed by atoms with Crippen molar-refractivity contribution in [1.29, 1.82) is 0 Å². The maximum atomic E-state index is 13.7. The summed E-state index contributed by atoms with van der Waals surface area (Å²) >= 11 is 5.65. The molecule has 0 unspecified atom stereocenters. The third kappa shape index (κ3) is 3.17. The maximum Gasteiger partial charge on any atom is 0.335 e. The number of hydrogen-bond donors (Lipinski definition) is 2. The summed E-state index contributed by atoms with van der Waals surface area (Å²) in [5.41, 5.74) is -0.641. The molecular weight excluding hydrogens is 304 g/mol. The van der Waals surface area contributed by atoms with Crippen LogP contribution in [0.15, 0.2) is 36.4 Å². The van der Waals surface area contributed by atoms with Crippen molar-refractivity contribution in [3.63, 3.8) is 0 Å². The van der Waals surface area contributed by atoms with E-state index >= 15 is 0 Å². The highest BCUT2D eigenvalue weighted by Gasteiger charge is 2.16. The van der Waals surface area contributed by atoms with Gasteiger partial charge in [0.1, 0.15) is 11.6 Å². The number of carboxylic acids is 1. The Labute approximate surface area is 123 Å². The van der Waals surface area contributed by atoms with Gasteiger partial charge in [-0.05, 0) is 30.3 Å². The van der Waals surface area contributed by atoms with Crippen molar-refractivity contribution in [3.05, 3.63) is 64.2 Å². The summed E-state index contributed by atoms with van der Waals surface area (Å²) in [5, 5.41) is 10.5. The smallest absolute Gasteiger partial charge is 0.335 e. The predicted molar refractivity (Wildman–Crippen MR) is 72.7 cm³/mol. The Morgan fingerprint density at radius 3 is 2.43 bits per heavy atom. The molecule has 4 nitrogen and oxygen atoms in total. The number of aromatic carboxylic acids is 1. The van der Waals surface area contributed by atoms with E-state index < -0.39 is 23.5 Å². The summed E-state index contributed by atoms with van der Waals surface area (Å²) < 4.78 is 26.9. The molecule has 0 spiro atoms. The van der Waals surface area contributed by atoms with E-state index in [-0.39, 0.29) is 21.8 Å². The number of amides is 1. The van der Waals surface area contributed by atoms with Gasteiger partial charge in [0.15, 0.2) is 0 Å². The van der Waals surface area contributed by atoms with Gasteiger partial charge >= 0.3 is 5.97 Å². The van der Waals surface area contributed by atoms with Crippen LogP contribution in [0.3, 0.4) is 0 Å². The molecule has 0 heterocycles. The van der Waals surface area contributed by atoms with E-state index in [2.05, 4.69) is 5.32 Å². The van der Waals surface area contributed by atoms with Crippen LogP contribution in [0.25, 0.3) is 0 Å². The lowest BCUT2D eigenvalue weighted by atomic mass is 10.1. The highest BCUT2D eigenvalue weighted by atomic mass is 35.5. The van der Waals surface area contributed by atoms with Crippen LogP contribution in [-0.2, 0) is 0 Å². The van der Waals surface area contributed by atoms with Gasteiger partial charge in [-0.25, -0.2) is 13.6 Å². The van der Waals surface area contributed by atoms with Crippen molar-refractivity contribution in [1.82, 2.24) is 0 Å². The monoisotopic (exact) mass is 311 g/mol. The normalized spacial score (nSPS) is 10.2. The molecule has 2 rings (SSSR count). The second-order valence-electron chi connectivity index (χ2n) is 4.06. The van der Waals surface area contributed by atoms with Gasteiger partial charge in [-0.2, -0.15) is 0 Å². The molecule has 0 saturated carbocycles. The SMILES string of the molecule is O=C(O)c1ccc(NC(=O)c2cccc(F)c2Cl)c(F)c1. The van der Waals surface area contributed by atoms with Crippen LogP contribution in [-0.4, -0.2) is 17.0 Å². The number of carbonyl (C=O) groups excluding carboxylic acids is 1. The van der Waals surface area contributed by atoms with Gasteiger partial charge in [0.2, 0.25) is 0 Å². The average molecular weight is 312 g/mol. The Bertz CT molecular complexity index is 734. The Morgan fingerprint density at radius 2 is 1.81 bits per heavy atom. The molecule has 0 bridgehead atoms. The summed E-state index contributed by atoms with van der Waals surface area (Å²) in [4.78, 5) is 22.6. The Balaban J connectivity index is 2.28. The van der Waals surface area contributed by atoms with Crippen molar-refractivity contribution in [2.24, 2.45) is 0 Å². The first-order valence-corrected chi connectivity index (χ1v) is 6.06. The van der Waals surface area contributed by atoms with Crippen LogP contribution in [0, 0.1) is 11.6 Å². The quantitative estimate of drug-likeness (QED) is 0.910. The Hall–Kier alpha value is -2.47. The maximum absolute atomic E-state index is 13.7. The van der Waals surface area contributed by atoms with Gasteiger partial charge < -0.3 is 10.4 Å². The zero-order valence-electron chi connectivity index (χ0n) is 10.4. The number of benzene rings is 2. The molecule has 0 aliphatic rings. The van der Waals surface area contributed by atoms with Crippen molar-refractivity contribution in [2.75, 3.05) is 5.32 Å². The summed E-state index contributed by atoms with van der Waals surface area (Å²) in [7, 11) is 0. The molecule has 2 N–H and O–H groups in total. The first-order valence-electron chi connectivity index (χ1n) is 5.68. The number of rotatable bonds is 3. The van der Waals surface area contributed by atoms with Crippen LogP contribution in [0.5, 0.6) is 0 Å². The lowest BCUT2D eigenvalue weighted by Crippen LogP contribution is -2.14. The van der Waals surface area contributed by atoms with Crippen LogP contribution < -0.4 is 5.32 Å². The van der Waals surface area contributed by atoms with E-state index in [1.54, 1.807) is 0 Å². The van der Waals surface area contributed by atoms with Gasteiger partial charge in [0.05, 0.1) is 21.8 Å². The van der Waals surface area contributed by atoms with Crippen molar-refractivity contribution in [2.45, 2.75) is 0 Å². The van der Waals surface area contributed by atoms with E-state index in [1.807, 2.05) is 0 Å². The van der Waals surface area contributed by atoms with Crippen molar-refractivity contribution >= 4 is 29.2 Å². The zero-order chi connectivity index (χ0) is 15.6. The van der Waals surface area contributed by atoms with Gasteiger partial charge in [-0.15, -0.1) is 0 Å². The van der Waals surface area contributed by atoms with Crippen molar-refractivity contribution < 1.29 is 23.5 Å². The van der Waals surface area contributed by atoms with Gasteiger partial charge in [-0.1, -0.05) is 17.7 Å². The lowest BCUT2D eigenvalue weighted by Gasteiger charge is -2.08. The third-order valence-corrected chi connectivity index (χ3v) is 3.04. The van der Waals surface area contributed by atoms with E-state index in [1.165, 1.54) is 12.1 Å². The molecule has 0 aliphatic heterocycles. The Morgan fingerprint density at radius 1 is 1.10 bits per heavy atom. The topological polar surface area (TPSA) is 66.4 Å². The number of hydrogen-bond acceptors (Lipinski definition) is 2. The molecule has 2 aromatic carbocycles. The molecule has 1 amide bonds.